The van der Waals surface area contributed by atoms with Crippen LogP contribution in [0.5, 0.6) is 5.75 Å². The van der Waals surface area contributed by atoms with Crippen molar-refractivity contribution >= 4 is 51.0 Å². The second-order valence-corrected chi connectivity index (χ2v) is 10.4. The van der Waals surface area contributed by atoms with Gasteiger partial charge in [-0.15, -0.1) is 34.0 Å². The second kappa shape index (κ2) is 10.2. The molecule has 3 heterocycles. The summed E-state index contributed by atoms with van der Waals surface area (Å²) in [6.07, 6.45) is 0. The van der Waals surface area contributed by atoms with Gasteiger partial charge in [0, 0.05) is 17.2 Å². The van der Waals surface area contributed by atoms with Crippen LogP contribution in [0.1, 0.15) is 37.7 Å². The van der Waals surface area contributed by atoms with Crippen LogP contribution in [0, 0.1) is 13.8 Å². The summed E-state index contributed by atoms with van der Waals surface area (Å²) < 4.78 is 5.78. The third-order valence-electron chi connectivity index (χ3n) is 4.58. The number of hydrogen-bond acceptors (Lipinski definition) is 8. The van der Waals surface area contributed by atoms with Gasteiger partial charge in [0.15, 0.2) is 5.13 Å². The molecule has 0 aliphatic carbocycles. The first-order valence-electron chi connectivity index (χ1n) is 10.1. The maximum absolute atomic E-state index is 12.8. The number of aromatic nitrogens is 2. The van der Waals surface area contributed by atoms with Crippen molar-refractivity contribution in [2.75, 3.05) is 5.32 Å². The van der Waals surface area contributed by atoms with Crippen LogP contribution in [0.3, 0.4) is 0 Å². The molecule has 170 valence electrons. The van der Waals surface area contributed by atoms with E-state index in [9.17, 15) is 9.59 Å². The number of amides is 2. The van der Waals surface area contributed by atoms with Gasteiger partial charge in [-0.3, -0.25) is 14.9 Å². The van der Waals surface area contributed by atoms with E-state index in [0.29, 0.717) is 28.9 Å². The number of benzene rings is 1. The van der Waals surface area contributed by atoms with Crippen LogP contribution < -0.4 is 15.4 Å². The molecule has 2 N–H and O–H groups in total. The Morgan fingerprint density at radius 3 is 2.58 bits per heavy atom. The smallest absolute Gasteiger partial charge is 0.269 e. The Balaban J connectivity index is 1.37. The molecule has 7 nitrogen and oxygen atoms in total. The number of nitrogens with zero attached hydrogens (tertiary/aromatic N) is 2. The van der Waals surface area contributed by atoms with Crippen LogP contribution in [0.4, 0.5) is 5.13 Å². The van der Waals surface area contributed by atoms with Crippen molar-refractivity contribution in [3.8, 4) is 16.3 Å². The summed E-state index contributed by atoms with van der Waals surface area (Å²) in [6.45, 7) is 6.14. The van der Waals surface area contributed by atoms with Crippen LogP contribution in [-0.4, -0.2) is 21.8 Å². The molecule has 4 aromatic rings. The number of thiazole rings is 2. The number of anilines is 1. The topological polar surface area (TPSA) is 93.2 Å². The first-order chi connectivity index (χ1) is 15.9. The van der Waals surface area contributed by atoms with E-state index < -0.39 is 0 Å². The fraction of sp³-hybridized carbons (Fsp3) is 0.217. The highest BCUT2D eigenvalue weighted by Gasteiger charge is 2.18. The largest absolute Gasteiger partial charge is 0.486 e. The zero-order chi connectivity index (χ0) is 23.4. The summed E-state index contributed by atoms with van der Waals surface area (Å²) >= 11 is 4.25. The molecule has 0 saturated carbocycles. The molecule has 0 spiro atoms. The number of nitrogens with one attached hydrogen (secondary N) is 2. The fourth-order valence-corrected chi connectivity index (χ4v) is 5.49. The number of carbonyl (C=O) groups excluding carboxylic acids is 2. The second-order valence-electron chi connectivity index (χ2n) is 7.29. The highest BCUT2D eigenvalue weighted by Crippen LogP contribution is 2.31. The molecule has 0 bridgehead atoms. The zero-order valence-electron chi connectivity index (χ0n) is 18.3. The van der Waals surface area contributed by atoms with Crippen LogP contribution in [0.25, 0.3) is 10.6 Å². The lowest BCUT2D eigenvalue weighted by atomic mass is 10.2. The van der Waals surface area contributed by atoms with Crippen molar-refractivity contribution in [3.05, 3.63) is 67.8 Å². The third kappa shape index (κ3) is 6.04. The van der Waals surface area contributed by atoms with Crippen molar-refractivity contribution < 1.29 is 14.3 Å². The molecule has 0 saturated heterocycles. The summed E-state index contributed by atoms with van der Waals surface area (Å²) in [5.41, 5.74) is 2.63. The molecule has 2 amide bonds. The molecule has 10 heteroatoms. The minimum atomic E-state index is -0.231. The first-order valence-corrected chi connectivity index (χ1v) is 12.6. The molecular weight excluding hydrogens is 476 g/mol. The Hall–Kier alpha value is -3.08. The van der Waals surface area contributed by atoms with E-state index in [1.807, 2.05) is 55.6 Å². The van der Waals surface area contributed by atoms with Gasteiger partial charge in [0.05, 0.1) is 22.8 Å². The normalized spacial score (nSPS) is 10.8. The van der Waals surface area contributed by atoms with Gasteiger partial charge in [0.1, 0.15) is 22.2 Å². The molecule has 4 rings (SSSR count). The van der Waals surface area contributed by atoms with Crippen LogP contribution >= 0.6 is 34.0 Å². The van der Waals surface area contributed by atoms with E-state index in [0.717, 1.165) is 26.2 Å². The number of hydrogen-bond donors (Lipinski definition) is 2. The molecule has 33 heavy (non-hydrogen) atoms. The van der Waals surface area contributed by atoms with E-state index in [1.165, 1.54) is 35.2 Å². The van der Waals surface area contributed by atoms with Crippen LogP contribution in [0.2, 0.25) is 0 Å². The molecule has 0 aliphatic heterocycles. The number of rotatable bonds is 8. The average molecular weight is 499 g/mol. The van der Waals surface area contributed by atoms with Crippen LogP contribution in [0.15, 0.2) is 41.8 Å². The summed E-state index contributed by atoms with van der Waals surface area (Å²) in [5, 5.41) is 8.83. The Labute approximate surface area is 203 Å². The highest BCUT2D eigenvalue weighted by atomic mass is 32.1. The maximum atomic E-state index is 12.8. The van der Waals surface area contributed by atoms with E-state index in [1.54, 1.807) is 11.3 Å². The minimum absolute atomic E-state index is 0.0631. The van der Waals surface area contributed by atoms with Gasteiger partial charge in [0.25, 0.3) is 5.91 Å². The molecule has 0 fully saturated rings. The number of ether oxygens (including phenoxy) is 1. The predicted molar refractivity (Wildman–Crippen MR) is 133 cm³/mol. The summed E-state index contributed by atoms with van der Waals surface area (Å²) in [7, 11) is 0. The van der Waals surface area contributed by atoms with Gasteiger partial charge in [-0.05, 0) is 38.1 Å². The average Bonchev–Trinajstić information content (AvgIpc) is 3.51. The predicted octanol–water partition coefficient (Wildman–Crippen LogP) is 5.41. The van der Waals surface area contributed by atoms with Gasteiger partial charge < -0.3 is 10.1 Å². The highest BCUT2D eigenvalue weighted by molar-refractivity contribution is 7.17. The van der Waals surface area contributed by atoms with E-state index >= 15 is 0 Å². The lowest BCUT2D eigenvalue weighted by Crippen LogP contribution is -2.17. The standard InChI is InChI=1S/C23H22N4O3S3/c1-13-4-6-16(7-5-13)30-11-20-25-14(2)21(33-20)22(29)27-23-26-18(12-31-23)19-9-8-17(32-19)10-24-15(3)28/h4-9,12H,10-11H2,1-3H3,(H,24,28)(H,26,27,29). The zero-order valence-corrected chi connectivity index (χ0v) is 20.7. The van der Waals surface area contributed by atoms with Gasteiger partial charge in [-0.1, -0.05) is 17.7 Å². The Kier molecular flexibility index (Phi) is 7.17. The number of thiophene rings is 1. The third-order valence-corrected chi connectivity index (χ3v) is 7.58. The molecule has 0 atom stereocenters. The van der Waals surface area contributed by atoms with Crippen molar-refractivity contribution in [1.82, 2.24) is 15.3 Å². The van der Waals surface area contributed by atoms with E-state index in [2.05, 4.69) is 20.6 Å². The van der Waals surface area contributed by atoms with Crippen molar-refractivity contribution in [2.24, 2.45) is 0 Å². The van der Waals surface area contributed by atoms with Crippen LogP contribution in [-0.2, 0) is 17.9 Å². The van der Waals surface area contributed by atoms with E-state index in [4.69, 9.17) is 4.74 Å². The summed E-state index contributed by atoms with van der Waals surface area (Å²) in [6, 6.07) is 11.7. The molecule has 0 aliphatic rings. The molecule has 0 unspecified atom stereocenters. The maximum Gasteiger partial charge on any atom is 0.269 e. The summed E-state index contributed by atoms with van der Waals surface area (Å²) in [5.74, 6) is 0.473. The van der Waals surface area contributed by atoms with E-state index in [-0.39, 0.29) is 11.8 Å². The van der Waals surface area contributed by atoms with Gasteiger partial charge in [0.2, 0.25) is 5.91 Å². The van der Waals surface area contributed by atoms with Gasteiger partial charge in [-0.2, -0.15) is 0 Å². The number of aryl methyl sites for hydroxylation is 2. The Morgan fingerprint density at radius 2 is 1.82 bits per heavy atom. The quantitative estimate of drug-likeness (QED) is 0.339. The Morgan fingerprint density at radius 1 is 1.03 bits per heavy atom. The lowest BCUT2D eigenvalue weighted by Gasteiger charge is -2.03. The first kappa shape index (κ1) is 23.1. The molecule has 1 aromatic carbocycles. The van der Waals surface area contributed by atoms with Crippen molar-refractivity contribution in [3.63, 3.8) is 0 Å². The summed E-state index contributed by atoms with van der Waals surface area (Å²) in [4.78, 5) is 35.5. The molecular formula is C23H22N4O3S3. The number of carbonyl (C=O) groups is 2. The monoisotopic (exact) mass is 498 g/mol. The van der Waals surface area contributed by atoms with Gasteiger partial charge >= 0.3 is 0 Å². The molecule has 3 aromatic heterocycles. The van der Waals surface area contributed by atoms with Crippen molar-refractivity contribution in [2.45, 2.75) is 33.9 Å². The Bertz CT molecular complexity index is 1270. The molecule has 0 radical (unpaired) electrons. The SMILES string of the molecule is CC(=O)NCc1ccc(-c2csc(NC(=O)c3sc(COc4ccc(C)cc4)nc3C)n2)s1. The lowest BCUT2D eigenvalue weighted by molar-refractivity contribution is -0.119. The van der Waals surface area contributed by atoms with Gasteiger partial charge in [-0.25, -0.2) is 9.97 Å². The fourth-order valence-electron chi connectivity index (χ4n) is 2.92. The minimum Gasteiger partial charge on any atom is -0.486 e. The van der Waals surface area contributed by atoms with Crippen molar-refractivity contribution in [1.29, 1.82) is 0 Å².